The normalized spacial score (nSPS) is 12.6. The minimum atomic E-state index is -3.67. The fourth-order valence-electron chi connectivity index (χ4n) is 2.20. The average molecular weight is 455 g/mol. The van der Waals surface area contributed by atoms with Crippen LogP contribution in [-0.4, -0.2) is 60.1 Å². The first kappa shape index (κ1) is 25.9. The van der Waals surface area contributed by atoms with E-state index in [0.29, 0.717) is 17.4 Å². The Kier molecular flexibility index (Phi) is 9.93. The van der Waals surface area contributed by atoms with Gasteiger partial charge in [0.15, 0.2) is 11.5 Å². The van der Waals surface area contributed by atoms with Gasteiger partial charge in [-0.25, -0.2) is 4.79 Å². The Hall–Kier alpha value is -3.15. The van der Waals surface area contributed by atoms with Gasteiger partial charge in [-0.1, -0.05) is 24.3 Å². The van der Waals surface area contributed by atoms with Crippen LogP contribution in [0, 0.1) is 0 Å². The standard InChI is InChI=1S/C19H21NO6.CH4O3S/c1-12(26-18(23)14-5-3-2-4-6-14)11-25-19(24)15(20)9-13-7-8-16(21)17(22)10-13;1-5(2,3)4/h2-8,10,12,15,21-22H,9,11,20H2,1H3;1H3,(H,2,3,4)/t12-,15-;/m1./s1. The maximum atomic E-state index is 12.0. The van der Waals surface area contributed by atoms with Gasteiger partial charge in [-0.15, -0.1) is 0 Å². The van der Waals surface area contributed by atoms with Gasteiger partial charge in [0.05, 0.1) is 11.8 Å². The smallest absolute Gasteiger partial charge is 0.338 e. The highest BCUT2D eigenvalue weighted by atomic mass is 32.2. The Morgan fingerprint density at radius 3 is 2.19 bits per heavy atom. The first-order valence-electron chi connectivity index (χ1n) is 8.98. The van der Waals surface area contributed by atoms with E-state index in [9.17, 15) is 28.2 Å². The second-order valence-electron chi connectivity index (χ2n) is 6.58. The number of phenols is 2. The number of carbonyl (C=O) groups excluding carboxylic acids is 2. The summed E-state index contributed by atoms with van der Waals surface area (Å²) in [5.41, 5.74) is 6.78. The average Bonchev–Trinajstić information content (AvgIpc) is 2.68. The number of rotatable bonds is 7. The number of benzene rings is 2. The fraction of sp³-hybridized carbons (Fsp3) is 0.300. The predicted octanol–water partition coefficient (Wildman–Crippen LogP) is 1.26. The van der Waals surface area contributed by atoms with Gasteiger partial charge in [-0.05, 0) is 43.2 Å². The predicted molar refractivity (Wildman–Crippen MR) is 111 cm³/mol. The number of ether oxygens (including phenoxy) is 2. The number of phenolic OH excluding ortho intramolecular Hbond substituents is 2. The summed E-state index contributed by atoms with van der Waals surface area (Å²) in [7, 11) is -3.67. The first-order valence-corrected chi connectivity index (χ1v) is 10.8. The minimum Gasteiger partial charge on any atom is -0.504 e. The maximum absolute atomic E-state index is 12.0. The summed E-state index contributed by atoms with van der Waals surface area (Å²) >= 11 is 0. The monoisotopic (exact) mass is 455 g/mol. The lowest BCUT2D eigenvalue weighted by Gasteiger charge is -2.16. The van der Waals surface area contributed by atoms with Gasteiger partial charge in [0.1, 0.15) is 18.8 Å². The second-order valence-corrected chi connectivity index (χ2v) is 8.04. The fourth-order valence-corrected chi connectivity index (χ4v) is 2.20. The van der Waals surface area contributed by atoms with Gasteiger partial charge in [0.2, 0.25) is 0 Å². The Morgan fingerprint density at radius 1 is 1.06 bits per heavy atom. The third-order valence-corrected chi connectivity index (χ3v) is 3.58. The van der Waals surface area contributed by atoms with Crippen LogP contribution in [0.3, 0.4) is 0 Å². The third-order valence-electron chi connectivity index (χ3n) is 3.58. The van der Waals surface area contributed by atoms with Crippen molar-refractivity contribution in [3.05, 3.63) is 59.7 Å². The lowest BCUT2D eigenvalue weighted by Crippen LogP contribution is -2.36. The van der Waals surface area contributed by atoms with Gasteiger partial charge < -0.3 is 25.4 Å². The van der Waals surface area contributed by atoms with Crippen LogP contribution in [0.15, 0.2) is 48.5 Å². The van der Waals surface area contributed by atoms with Crippen LogP contribution in [-0.2, 0) is 30.8 Å². The topological polar surface area (TPSA) is 173 Å². The lowest BCUT2D eigenvalue weighted by molar-refractivity contribution is -0.148. The molecule has 2 rings (SSSR count). The Bertz CT molecular complexity index is 969. The van der Waals surface area contributed by atoms with E-state index in [1.54, 1.807) is 43.3 Å². The maximum Gasteiger partial charge on any atom is 0.338 e. The molecule has 2 atom stereocenters. The van der Waals surface area contributed by atoms with Crippen molar-refractivity contribution >= 4 is 22.1 Å². The first-order chi connectivity index (χ1) is 14.4. The zero-order valence-electron chi connectivity index (χ0n) is 17.0. The molecule has 0 unspecified atom stereocenters. The molecule has 0 saturated carbocycles. The molecule has 2 aromatic rings. The van der Waals surface area contributed by atoms with Crippen molar-refractivity contribution in [2.75, 3.05) is 12.9 Å². The van der Waals surface area contributed by atoms with E-state index in [-0.39, 0.29) is 24.5 Å². The number of esters is 2. The summed E-state index contributed by atoms with van der Waals surface area (Å²) in [6, 6.07) is 11.7. The molecule has 170 valence electrons. The molecule has 0 aliphatic rings. The molecule has 2 aromatic carbocycles. The van der Waals surface area contributed by atoms with Crippen LogP contribution in [0.1, 0.15) is 22.8 Å². The summed E-state index contributed by atoms with van der Waals surface area (Å²) in [5, 5.41) is 18.7. The van der Waals surface area contributed by atoms with Crippen LogP contribution in [0.5, 0.6) is 11.5 Å². The van der Waals surface area contributed by atoms with E-state index in [1.807, 2.05) is 0 Å². The molecule has 5 N–H and O–H groups in total. The SMILES string of the molecule is CS(=O)(=O)O.C[C@H](COC(=O)[C@H](N)Cc1ccc(O)c(O)c1)OC(=O)c1ccccc1. The van der Waals surface area contributed by atoms with Crippen molar-refractivity contribution in [3.8, 4) is 11.5 Å². The molecular weight excluding hydrogens is 430 g/mol. The van der Waals surface area contributed by atoms with E-state index in [4.69, 9.17) is 19.8 Å². The lowest BCUT2D eigenvalue weighted by atomic mass is 10.1. The quantitative estimate of drug-likeness (QED) is 0.270. The van der Waals surface area contributed by atoms with Crippen LogP contribution < -0.4 is 5.73 Å². The number of hydrogen-bond acceptors (Lipinski definition) is 9. The third kappa shape index (κ3) is 11.0. The molecule has 0 heterocycles. The number of nitrogens with two attached hydrogens (primary N) is 1. The van der Waals surface area contributed by atoms with Crippen molar-refractivity contribution in [3.63, 3.8) is 0 Å². The zero-order valence-corrected chi connectivity index (χ0v) is 17.8. The molecule has 31 heavy (non-hydrogen) atoms. The molecule has 0 aliphatic heterocycles. The molecule has 0 spiro atoms. The minimum absolute atomic E-state index is 0.119. The Morgan fingerprint density at radius 2 is 1.65 bits per heavy atom. The molecule has 0 amide bonds. The van der Waals surface area contributed by atoms with Gasteiger partial charge >= 0.3 is 11.9 Å². The van der Waals surface area contributed by atoms with Crippen molar-refractivity contribution in [1.82, 2.24) is 0 Å². The van der Waals surface area contributed by atoms with Crippen molar-refractivity contribution in [2.45, 2.75) is 25.5 Å². The molecule has 11 heteroatoms. The second kappa shape index (κ2) is 11.9. The van der Waals surface area contributed by atoms with Gasteiger partial charge in [0.25, 0.3) is 10.1 Å². The van der Waals surface area contributed by atoms with E-state index in [2.05, 4.69) is 0 Å². The highest BCUT2D eigenvalue weighted by molar-refractivity contribution is 7.85. The molecule has 0 radical (unpaired) electrons. The summed E-state index contributed by atoms with van der Waals surface area (Å²) in [4.78, 5) is 23.9. The summed E-state index contributed by atoms with van der Waals surface area (Å²) in [6.07, 6.45) is 0.217. The van der Waals surface area contributed by atoms with Crippen LogP contribution in [0.2, 0.25) is 0 Å². The van der Waals surface area contributed by atoms with Gasteiger partial charge in [-0.3, -0.25) is 9.35 Å². The molecule has 0 bridgehead atoms. The van der Waals surface area contributed by atoms with Crippen LogP contribution in [0.4, 0.5) is 0 Å². The molecule has 10 nitrogen and oxygen atoms in total. The van der Waals surface area contributed by atoms with Gasteiger partial charge in [-0.2, -0.15) is 8.42 Å². The highest BCUT2D eigenvalue weighted by Crippen LogP contribution is 2.25. The van der Waals surface area contributed by atoms with Crippen LogP contribution >= 0.6 is 0 Å². The number of carbonyl (C=O) groups is 2. The van der Waals surface area contributed by atoms with E-state index in [0.717, 1.165) is 0 Å². The summed E-state index contributed by atoms with van der Waals surface area (Å²) in [5.74, 6) is -1.69. The Balaban J connectivity index is 0.000000861. The molecule has 0 aromatic heterocycles. The number of hydrogen-bond donors (Lipinski definition) is 4. The largest absolute Gasteiger partial charge is 0.504 e. The molecule has 0 fully saturated rings. The molecule has 0 aliphatic carbocycles. The van der Waals surface area contributed by atoms with Gasteiger partial charge in [0, 0.05) is 0 Å². The Labute approximate surface area is 180 Å². The van der Waals surface area contributed by atoms with Crippen molar-refractivity contribution in [2.24, 2.45) is 5.73 Å². The van der Waals surface area contributed by atoms with Crippen molar-refractivity contribution < 1.29 is 42.2 Å². The zero-order chi connectivity index (χ0) is 23.6. The van der Waals surface area contributed by atoms with E-state index in [1.165, 1.54) is 12.1 Å². The summed E-state index contributed by atoms with van der Waals surface area (Å²) < 4.78 is 36.1. The summed E-state index contributed by atoms with van der Waals surface area (Å²) in [6.45, 7) is 1.49. The van der Waals surface area contributed by atoms with Crippen LogP contribution in [0.25, 0.3) is 0 Å². The molecular formula is C20H25NO9S. The van der Waals surface area contributed by atoms with E-state index < -0.39 is 34.2 Å². The van der Waals surface area contributed by atoms with Crippen molar-refractivity contribution in [1.29, 1.82) is 0 Å². The number of aromatic hydroxyl groups is 2. The highest BCUT2D eigenvalue weighted by Gasteiger charge is 2.19. The van der Waals surface area contributed by atoms with E-state index >= 15 is 0 Å². The molecule has 0 saturated heterocycles.